The van der Waals surface area contributed by atoms with Crippen molar-refractivity contribution in [1.29, 1.82) is 5.26 Å². The Labute approximate surface area is 151 Å². The molecule has 1 aromatic heterocycles. The van der Waals surface area contributed by atoms with E-state index in [0.29, 0.717) is 11.6 Å². The number of benzene rings is 1. The Balaban J connectivity index is 1.81. The summed E-state index contributed by atoms with van der Waals surface area (Å²) < 4.78 is 10.9. The molecule has 0 fully saturated rings. The minimum absolute atomic E-state index is 0.510. The number of para-hydroxylation sites is 2. The Morgan fingerprint density at radius 2 is 2.08 bits per heavy atom. The lowest BCUT2D eigenvalue weighted by Gasteiger charge is -2.26. The van der Waals surface area contributed by atoms with Crippen molar-refractivity contribution in [2.24, 2.45) is 0 Å². The topological polar surface area (TPSA) is 88.2 Å². The molecule has 134 valence electrons. The molecular formula is C18H23N3O3S. The van der Waals surface area contributed by atoms with Gasteiger partial charge in [0.2, 0.25) is 0 Å². The first-order valence-electron chi connectivity index (χ1n) is 8.12. The maximum Gasteiger partial charge on any atom is 0.408 e. The minimum atomic E-state index is -0.968. The molecule has 1 atom stereocenters. The van der Waals surface area contributed by atoms with Crippen molar-refractivity contribution in [3.05, 3.63) is 24.3 Å². The highest BCUT2D eigenvalue weighted by Gasteiger charge is 2.28. The molecule has 2 aromatic rings. The average molecular weight is 361 g/mol. The van der Waals surface area contributed by atoms with E-state index in [1.165, 1.54) is 11.8 Å². The Morgan fingerprint density at radius 1 is 1.36 bits per heavy atom. The fourth-order valence-corrected chi connectivity index (χ4v) is 2.95. The lowest BCUT2D eigenvalue weighted by atomic mass is 9.98. The number of thioether (sulfide) groups is 1. The summed E-state index contributed by atoms with van der Waals surface area (Å²) >= 11 is 1.50. The maximum absolute atomic E-state index is 11.9. The van der Waals surface area contributed by atoms with Crippen LogP contribution in [0, 0.1) is 11.3 Å². The number of nitrogens with zero attached hydrogens (tertiary/aromatic N) is 2. The van der Waals surface area contributed by atoms with Gasteiger partial charge in [-0.25, -0.2) is 9.78 Å². The number of nitrogens with one attached hydrogen (secondary N) is 1. The monoisotopic (exact) mass is 361 g/mol. The summed E-state index contributed by atoms with van der Waals surface area (Å²) in [4.78, 5) is 16.3. The zero-order valence-electron chi connectivity index (χ0n) is 15.0. The van der Waals surface area contributed by atoms with Gasteiger partial charge in [-0.3, -0.25) is 0 Å². The molecule has 1 N–H and O–H groups in total. The number of fused-ring (bicyclic) bond motifs is 1. The third-order valence-electron chi connectivity index (χ3n) is 3.34. The molecule has 1 aromatic carbocycles. The van der Waals surface area contributed by atoms with Gasteiger partial charge in [-0.05, 0) is 52.7 Å². The number of carbonyl (C=O) groups excluding carboxylic acids is 1. The second-order valence-electron chi connectivity index (χ2n) is 6.97. The molecule has 0 saturated heterocycles. The van der Waals surface area contributed by atoms with E-state index in [0.717, 1.165) is 23.3 Å². The SMILES string of the molecule is CC(C#N)(CCCSc1nc2ccccc2o1)NC(=O)OC(C)(C)C. The third-order valence-corrected chi connectivity index (χ3v) is 4.26. The molecular weight excluding hydrogens is 338 g/mol. The Morgan fingerprint density at radius 3 is 2.72 bits per heavy atom. The van der Waals surface area contributed by atoms with Gasteiger partial charge >= 0.3 is 6.09 Å². The zero-order chi connectivity index (χ0) is 18.5. The van der Waals surface area contributed by atoms with Crippen LogP contribution in [0.1, 0.15) is 40.5 Å². The van der Waals surface area contributed by atoms with Gasteiger partial charge in [0.05, 0.1) is 6.07 Å². The van der Waals surface area contributed by atoms with E-state index in [2.05, 4.69) is 16.4 Å². The molecule has 2 rings (SSSR count). The highest BCUT2D eigenvalue weighted by atomic mass is 32.2. The van der Waals surface area contributed by atoms with E-state index in [-0.39, 0.29) is 0 Å². The fourth-order valence-electron chi connectivity index (χ4n) is 2.17. The number of ether oxygens (including phenoxy) is 1. The van der Waals surface area contributed by atoms with Crippen molar-refractivity contribution in [3.63, 3.8) is 0 Å². The quantitative estimate of drug-likeness (QED) is 0.602. The number of hydrogen-bond donors (Lipinski definition) is 1. The van der Waals surface area contributed by atoms with Crippen molar-refractivity contribution in [3.8, 4) is 6.07 Å². The van der Waals surface area contributed by atoms with Gasteiger partial charge in [-0.15, -0.1) is 0 Å². The van der Waals surface area contributed by atoms with Gasteiger partial charge < -0.3 is 14.5 Å². The highest BCUT2D eigenvalue weighted by Crippen LogP contribution is 2.25. The van der Waals surface area contributed by atoms with E-state index in [1.54, 1.807) is 27.7 Å². The molecule has 0 bridgehead atoms. The number of amides is 1. The van der Waals surface area contributed by atoms with Crippen LogP contribution in [-0.4, -0.2) is 28.0 Å². The summed E-state index contributed by atoms with van der Waals surface area (Å²) in [6.07, 6.45) is 0.655. The summed E-state index contributed by atoms with van der Waals surface area (Å²) in [5.41, 5.74) is 0.0323. The Hall–Kier alpha value is -2.20. The zero-order valence-corrected chi connectivity index (χ0v) is 15.8. The first kappa shape index (κ1) is 19.1. The summed E-state index contributed by atoms with van der Waals surface area (Å²) in [6.45, 7) is 7.05. The van der Waals surface area contributed by atoms with E-state index in [9.17, 15) is 10.1 Å². The Bertz CT molecular complexity index is 743. The molecule has 0 radical (unpaired) electrons. The van der Waals surface area contributed by atoms with Crippen LogP contribution in [0.25, 0.3) is 11.1 Å². The summed E-state index contributed by atoms with van der Waals surface area (Å²) in [6, 6.07) is 9.76. The number of oxazole rings is 1. The summed E-state index contributed by atoms with van der Waals surface area (Å²) in [5, 5.41) is 12.6. The van der Waals surface area contributed by atoms with Gasteiger partial charge in [0, 0.05) is 5.75 Å². The standard InChI is InChI=1S/C18H23N3O3S/c1-17(2,3)24-15(22)21-18(4,12-19)10-7-11-25-16-20-13-8-5-6-9-14(13)23-16/h5-6,8-9H,7,10-11H2,1-4H3,(H,21,22). The number of alkyl carbamates (subject to hydrolysis) is 1. The van der Waals surface area contributed by atoms with Crippen LogP contribution in [0.15, 0.2) is 33.9 Å². The summed E-state index contributed by atoms with van der Waals surface area (Å²) in [5.74, 6) is 0.736. The predicted octanol–water partition coefficient (Wildman–Crippen LogP) is 4.51. The van der Waals surface area contributed by atoms with Gasteiger partial charge in [0.1, 0.15) is 16.7 Å². The predicted molar refractivity (Wildman–Crippen MR) is 97.4 cm³/mol. The molecule has 0 aliphatic carbocycles. The van der Waals surface area contributed by atoms with Crippen LogP contribution < -0.4 is 5.32 Å². The largest absolute Gasteiger partial charge is 0.444 e. The van der Waals surface area contributed by atoms with Gasteiger partial charge in [-0.1, -0.05) is 23.9 Å². The molecule has 1 unspecified atom stereocenters. The number of carbonyl (C=O) groups is 1. The van der Waals surface area contributed by atoms with Crippen molar-refractivity contribution >= 4 is 29.0 Å². The van der Waals surface area contributed by atoms with Gasteiger partial charge in [0.25, 0.3) is 5.22 Å². The van der Waals surface area contributed by atoms with Crippen LogP contribution in [0.5, 0.6) is 0 Å². The van der Waals surface area contributed by atoms with E-state index in [1.807, 2.05) is 24.3 Å². The van der Waals surface area contributed by atoms with Crippen LogP contribution in [-0.2, 0) is 4.74 Å². The van der Waals surface area contributed by atoms with Crippen molar-refractivity contribution in [2.45, 2.75) is 56.9 Å². The van der Waals surface area contributed by atoms with Gasteiger partial charge in [-0.2, -0.15) is 5.26 Å². The van der Waals surface area contributed by atoms with Crippen LogP contribution in [0.2, 0.25) is 0 Å². The van der Waals surface area contributed by atoms with E-state index >= 15 is 0 Å². The number of hydrogen-bond acceptors (Lipinski definition) is 6. The molecule has 7 heteroatoms. The fraction of sp³-hybridized carbons (Fsp3) is 0.500. The van der Waals surface area contributed by atoms with Crippen molar-refractivity contribution in [1.82, 2.24) is 10.3 Å². The van der Waals surface area contributed by atoms with Crippen molar-refractivity contribution < 1.29 is 13.9 Å². The van der Waals surface area contributed by atoms with E-state index in [4.69, 9.17) is 9.15 Å². The highest BCUT2D eigenvalue weighted by molar-refractivity contribution is 7.99. The molecule has 1 heterocycles. The maximum atomic E-state index is 11.9. The first-order valence-corrected chi connectivity index (χ1v) is 9.10. The molecule has 0 aliphatic heterocycles. The van der Waals surface area contributed by atoms with Gasteiger partial charge in [0.15, 0.2) is 5.58 Å². The Kier molecular flexibility index (Phi) is 5.96. The molecule has 6 nitrogen and oxygen atoms in total. The molecule has 0 aliphatic rings. The number of aromatic nitrogens is 1. The number of nitriles is 1. The van der Waals surface area contributed by atoms with Crippen molar-refractivity contribution in [2.75, 3.05) is 5.75 Å². The second-order valence-corrected chi connectivity index (χ2v) is 8.02. The lowest BCUT2D eigenvalue weighted by Crippen LogP contribution is -2.47. The average Bonchev–Trinajstić information content (AvgIpc) is 2.92. The third kappa shape index (κ3) is 5.98. The molecule has 25 heavy (non-hydrogen) atoms. The number of rotatable bonds is 6. The lowest BCUT2D eigenvalue weighted by molar-refractivity contribution is 0.0483. The van der Waals surface area contributed by atoms with Crippen LogP contribution >= 0.6 is 11.8 Å². The normalized spacial score (nSPS) is 13.9. The molecule has 0 spiro atoms. The molecule has 0 saturated carbocycles. The van der Waals surface area contributed by atoms with Crippen LogP contribution in [0.4, 0.5) is 4.79 Å². The summed E-state index contributed by atoms with van der Waals surface area (Å²) in [7, 11) is 0. The van der Waals surface area contributed by atoms with Crippen LogP contribution in [0.3, 0.4) is 0 Å². The molecule has 1 amide bonds. The smallest absolute Gasteiger partial charge is 0.408 e. The first-order chi connectivity index (χ1) is 11.7. The van der Waals surface area contributed by atoms with E-state index < -0.39 is 17.2 Å². The minimum Gasteiger partial charge on any atom is -0.444 e. The second kappa shape index (κ2) is 7.79.